The number of nitrogens with two attached hydrogens (primary N) is 1. The summed E-state index contributed by atoms with van der Waals surface area (Å²) < 4.78 is 48.3. The van der Waals surface area contributed by atoms with E-state index >= 15 is 0 Å². The molecule has 2 unspecified atom stereocenters. The largest absolute Gasteiger partial charge is 0.326 e. The van der Waals surface area contributed by atoms with E-state index in [9.17, 15) is 17.6 Å². The van der Waals surface area contributed by atoms with Crippen LogP contribution in [-0.2, 0) is 0 Å². The molecule has 0 aliphatic rings. The molecule has 0 aromatic heterocycles. The molecule has 0 aromatic rings. The second-order valence-electron chi connectivity index (χ2n) is 3.74. The SMILES string of the molecule is CCC(C)C(N)CNCC(F)(F)C(F)F. The first-order chi connectivity index (χ1) is 6.81. The fraction of sp³-hybridized carbons (Fsp3) is 1.00. The smallest absolute Gasteiger partial charge is 0.319 e. The molecule has 0 rings (SSSR count). The van der Waals surface area contributed by atoms with Crippen LogP contribution in [0.3, 0.4) is 0 Å². The van der Waals surface area contributed by atoms with Gasteiger partial charge in [0, 0.05) is 12.6 Å². The number of halogens is 4. The minimum Gasteiger partial charge on any atom is -0.326 e. The van der Waals surface area contributed by atoms with Gasteiger partial charge in [-0.05, 0) is 5.92 Å². The first kappa shape index (κ1) is 14.6. The van der Waals surface area contributed by atoms with E-state index in [1.54, 1.807) is 0 Å². The second-order valence-corrected chi connectivity index (χ2v) is 3.74. The summed E-state index contributed by atoms with van der Waals surface area (Å²) in [5.74, 6) is -3.80. The van der Waals surface area contributed by atoms with Gasteiger partial charge in [0.2, 0.25) is 0 Å². The van der Waals surface area contributed by atoms with Gasteiger partial charge in [-0.3, -0.25) is 0 Å². The first-order valence-corrected chi connectivity index (χ1v) is 4.93. The predicted molar refractivity (Wildman–Crippen MR) is 51.3 cm³/mol. The Morgan fingerprint density at radius 1 is 1.33 bits per heavy atom. The van der Waals surface area contributed by atoms with Crippen LogP contribution >= 0.6 is 0 Å². The Balaban J connectivity index is 3.79. The summed E-state index contributed by atoms with van der Waals surface area (Å²) in [5.41, 5.74) is 5.64. The third-order valence-corrected chi connectivity index (χ3v) is 2.43. The quantitative estimate of drug-likeness (QED) is 0.655. The fourth-order valence-electron chi connectivity index (χ4n) is 0.987. The lowest BCUT2D eigenvalue weighted by Crippen LogP contribution is -2.45. The molecule has 0 saturated carbocycles. The molecule has 2 atom stereocenters. The van der Waals surface area contributed by atoms with Gasteiger partial charge in [-0.15, -0.1) is 0 Å². The molecule has 0 fully saturated rings. The lowest BCUT2D eigenvalue weighted by Gasteiger charge is -2.21. The molecule has 0 aromatic carbocycles. The third kappa shape index (κ3) is 5.32. The van der Waals surface area contributed by atoms with Crippen molar-refractivity contribution in [1.29, 1.82) is 0 Å². The molecule has 0 bridgehead atoms. The van der Waals surface area contributed by atoms with Gasteiger partial charge in [-0.2, -0.15) is 8.78 Å². The van der Waals surface area contributed by atoms with Crippen LogP contribution in [0, 0.1) is 5.92 Å². The normalized spacial score (nSPS) is 16.8. The van der Waals surface area contributed by atoms with Crippen molar-refractivity contribution in [3.8, 4) is 0 Å². The summed E-state index contributed by atoms with van der Waals surface area (Å²) in [6.07, 6.45) is -2.81. The topological polar surface area (TPSA) is 38.0 Å². The average Bonchev–Trinajstić information content (AvgIpc) is 2.15. The van der Waals surface area contributed by atoms with Crippen LogP contribution < -0.4 is 11.1 Å². The monoisotopic (exact) mass is 230 g/mol. The van der Waals surface area contributed by atoms with Gasteiger partial charge in [0.15, 0.2) is 0 Å². The van der Waals surface area contributed by atoms with Crippen molar-refractivity contribution in [2.24, 2.45) is 11.7 Å². The van der Waals surface area contributed by atoms with E-state index in [2.05, 4.69) is 5.32 Å². The van der Waals surface area contributed by atoms with E-state index in [-0.39, 0.29) is 18.5 Å². The van der Waals surface area contributed by atoms with Gasteiger partial charge in [0.25, 0.3) is 0 Å². The molecule has 0 aliphatic carbocycles. The van der Waals surface area contributed by atoms with E-state index in [1.165, 1.54) is 0 Å². The maximum atomic E-state index is 12.4. The van der Waals surface area contributed by atoms with Crippen molar-refractivity contribution in [2.75, 3.05) is 13.1 Å². The molecule has 0 aliphatic heterocycles. The molecule has 3 N–H and O–H groups in total. The van der Waals surface area contributed by atoms with Crippen LogP contribution in [0.4, 0.5) is 17.6 Å². The van der Waals surface area contributed by atoms with Crippen LogP contribution in [0.25, 0.3) is 0 Å². The number of alkyl halides is 4. The van der Waals surface area contributed by atoms with Crippen LogP contribution in [0.15, 0.2) is 0 Å². The fourth-order valence-corrected chi connectivity index (χ4v) is 0.987. The van der Waals surface area contributed by atoms with E-state index in [0.717, 1.165) is 6.42 Å². The number of nitrogens with one attached hydrogen (secondary N) is 1. The van der Waals surface area contributed by atoms with Crippen molar-refractivity contribution in [3.05, 3.63) is 0 Å². The van der Waals surface area contributed by atoms with Crippen LogP contribution in [0.2, 0.25) is 0 Å². The number of hydrogen-bond donors (Lipinski definition) is 2. The van der Waals surface area contributed by atoms with Gasteiger partial charge in [-0.1, -0.05) is 20.3 Å². The highest BCUT2D eigenvalue weighted by Gasteiger charge is 2.40. The van der Waals surface area contributed by atoms with E-state index < -0.39 is 18.9 Å². The van der Waals surface area contributed by atoms with Crippen molar-refractivity contribution in [1.82, 2.24) is 5.32 Å². The maximum absolute atomic E-state index is 12.4. The second kappa shape index (κ2) is 6.27. The van der Waals surface area contributed by atoms with Gasteiger partial charge in [0.05, 0.1) is 6.54 Å². The maximum Gasteiger partial charge on any atom is 0.319 e. The van der Waals surface area contributed by atoms with Crippen LogP contribution in [0.1, 0.15) is 20.3 Å². The summed E-state index contributed by atoms with van der Waals surface area (Å²) in [6, 6.07) is -0.288. The van der Waals surface area contributed by atoms with E-state index in [1.807, 2.05) is 13.8 Å². The Morgan fingerprint density at radius 2 is 1.87 bits per heavy atom. The standard InChI is InChI=1S/C9H18F4N2/c1-3-6(2)7(14)4-15-5-9(12,13)8(10)11/h6-8,15H,3-5,14H2,1-2H3. The molecular weight excluding hydrogens is 212 g/mol. The summed E-state index contributed by atoms with van der Waals surface area (Å²) in [6.45, 7) is 2.90. The van der Waals surface area contributed by atoms with Gasteiger partial charge >= 0.3 is 12.3 Å². The highest BCUT2D eigenvalue weighted by Crippen LogP contribution is 2.21. The molecule has 0 radical (unpaired) electrons. The molecule has 0 heterocycles. The van der Waals surface area contributed by atoms with E-state index in [0.29, 0.717) is 0 Å². The zero-order valence-corrected chi connectivity index (χ0v) is 8.94. The van der Waals surface area contributed by atoms with Gasteiger partial charge in [0.1, 0.15) is 0 Å². The van der Waals surface area contributed by atoms with Gasteiger partial charge in [-0.25, -0.2) is 8.78 Å². The van der Waals surface area contributed by atoms with Crippen LogP contribution in [0.5, 0.6) is 0 Å². The summed E-state index contributed by atoms with van der Waals surface area (Å²) in [5, 5.41) is 2.27. The predicted octanol–water partition coefficient (Wildman–Crippen LogP) is 1.85. The Kier molecular flexibility index (Phi) is 6.12. The Bertz CT molecular complexity index is 175. The molecule has 0 saturated heterocycles. The molecule has 15 heavy (non-hydrogen) atoms. The average molecular weight is 230 g/mol. The lowest BCUT2D eigenvalue weighted by molar-refractivity contribution is -0.125. The minimum absolute atomic E-state index is 0.122. The number of hydrogen-bond acceptors (Lipinski definition) is 2. The molecular formula is C9H18F4N2. The number of rotatable bonds is 7. The highest BCUT2D eigenvalue weighted by molar-refractivity contribution is 4.76. The van der Waals surface area contributed by atoms with Crippen LogP contribution in [-0.4, -0.2) is 31.5 Å². The first-order valence-electron chi connectivity index (χ1n) is 4.93. The highest BCUT2D eigenvalue weighted by atomic mass is 19.3. The van der Waals surface area contributed by atoms with Gasteiger partial charge < -0.3 is 11.1 Å². The third-order valence-electron chi connectivity index (χ3n) is 2.43. The summed E-state index contributed by atoms with van der Waals surface area (Å²) in [4.78, 5) is 0. The molecule has 0 amide bonds. The lowest BCUT2D eigenvalue weighted by atomic mass is 10.0. The minimum atomic E-state index is -3.98. The van der Waals surface area contributed by atoms with Crippen molar-refractivity contribution in [3.63, 3.8) is 0 Å². The molecule has 92 valence electrons. The van der Waals surface area contributed by atoms with Crippen molar-refractivity contribution in [2.45, 2.75) is 38.7 Å². The zero-order chi connectivity index (χ0) is 12.1. The molecule has 6 heteroatoms. The Morgan fingerprint density at radius 3 is 2.27 bits per heavy atom. The summed E-state index contributed by atoms with van der Waals surface area (Å²) in [7, 11) is 0. The zero-order valence-electron chi connectivity index (χ0n) is 8.94. The van der Waals surface area contributed by atoms with Crippen molar-refractivity contribution < 1.29 is 17.6 Å². The Labute approximate surface area is 87.2 Å². The van der Waals surface area contributed by atoms with E-state index in [4.69, 9.17) is 5.73 Å². The summed E-state index contributed by atoms with van der Waals surface area (Å²) >= 11 is 0. The Hall–Kier alpha value is -0.360. The molecule has 0 spiro atoms. The molecule has 2 nitrogen and oxygen atoms in total. The van der Waals surface area contributed by atoms with Crippen molar-refractivity contribution >= 4 is 0 Å².